The Labute approximate surface area is 145 Å². The lowest BCUT2D eigenvalue weighted by atomic mass is 10.2. The Morgan fingerprint density at radius 3 is 2.46 bits per heavy atom. The van der Waals surface area contributed by atoms with Gasteiger partial charge in [0.05, 0.1) is 0 Å². The van der Waals surface area contributed by atoms with Gasteiger partial charge in [0.25, 0.3) is 0 Å². The maximum atomic E-state index is 12.1. The summed E-state index contributed by atoms with van der Waals surface area (Å²) in [5.74, 6) is -1.05. The molecule has 0 bridgehead atoms. The molecular formula is C16H22N2O5S. The van der Waals surface area contributed by atoms with Gasteiger partial charge in [0.2, 0.25) is 5.91 Å². The summed E-state index contributed by atoms with van der Waals surface area (Å²) < 4.78 is 5.09. The van der Waals surface area contributed by atoms with Gasteiger partial charge in [-0.15, -0.1) is 0 Å². The third-order valence-corrected chi connectivity index (χ3v) is 3.81. The number of thioether (sulfide) groups is 1. The molecule has 3 N–H and O–H groups in total. The molecular weight excluding hydrogens is 332 g/mol. The molecule has 132 valence electrons. The number of carboxylic acid groups (broad SMARTS) is 1. The lowest BCUT2D eigenvalue weighted by Gasteiger charge is -2.19. The average Bonchev–Trinajstić information content (AvgIpc) is 2.57. The van der Waals surface area contributed by atoms with Crippen LogP contribution >= 0.6 is 11.8 Å². The summed E-state index contributed by atoms with van der Waals surface area (Å²) in [6.07, 6.45) is 1.53. The molecule has 0 aliphatic heterocycles. The number of carboxylic acids is 1. The summed E-state index contributed by atoms with van der Waals surface area (Å²) in [5.41, 5.74) is 0.831. The number of hydrogen-bond donors (Lipinski definition) is 3. The number of alkyl carbamates (subject to hydrolysis) is 1. The van der Waals surface area contributed by atoms with Crippen LogP contribution < -0.4 is 10.6 Å². The van der Waals surface area contributed by atoms with Crippen molar-refractivity contribution < 1.29 is 24.2 Å². The molecule has 2 atom stereocenters. The number of nitrogens with one attached hydrogen (secondary N) is 2. The van der Waals surface area contributed by atoms with Gasteiger partial charge in [-0.25, -0.2) is 4.79 Å². The first-order chi connectivity index (χ1) is 11.4. The molecule has 2 amide bonds. The molecule has 1 aromatic rings. The number of carbonyl (C=O) groups is 3. The topological polar surface area (TPSA) is 105 Å². The summed E-state index contributed by atoms with van der Waals surface area (Å²) in [5, 5.41) is 13.7. The molecule has 0 aliphatic carbocycles. The third kappa shape index (κ3) is 7.36. The minimum atomic E-state index is -1.14. The number of ether oxygens (including phenoxy) is 1. The molecule has 0 saturated heterocycles. The first kappa shape index (κ1) is 19.8. The van der Waals surface area contributed by atoms with Gasteiger partial charge in [0.15, 0.2) is 0 Å². The lowest BCUT2D eigenvalue weighted by molar-refractivity contribution is -0.141. The molecule has 0 fully saturated rings. The second kappa shape index (κ2) is 10.5. The van der Waals surface area contributed by atoms with E-state index in [9.17, 15) is 14.4 Å². The molecule has 0 saturated carbocycles. The fourth-order valence-corrected chi connectivity index (χ4v) is 2.26. The van der Waals surface area contributed by atoms with Crippen LogP contribution in [0.25, 0.3) is 0 Å². The van der Waals surface area contributed by atoms with Gasteiger partial charge in [-0.1, -0.05) is 30.3 Å². The highest BCUT2D eigenvalue weighted by Gasteiger charge is 2.24. The van der Waals surface area contributed by atoms with Crippen molar-refractivity contribution >= 4 is 29.7 Å². The second-order valence-electron chi connectivity index (χ2n) is 5.11. The van der Waals surface area contributed by atoms with Crippen molar-refractivity contribution in [3.8, 4) is 0 Å². The highest BCUT2D eigenvalue weighted by molar-refractivity contribution is 7.98. The smallest absolute Gasteiger partial charge is 0.408 e. The van der Waals surface area contributed by atoms with Crippen molar-refractivity contribution in [2.45, 2.75) is 32.0 Å². The van der Waals surface area contributed by atoms with E-state index in [4.69, 9.17) is 9.84 Å². The number of carbonyl (C=O) groups excluding carboxylic acids is 2. The monoisotopic (exact) mass is 354 g/mol. The second-order valence-corrected chi connectivity index (χ2v) is 6.09. The number of amides is 2. The molecule has 0 aromatic heterocycles. The zero-order valence-electron chi connectivity index (χ0n) is 13.7. The highest BCUT2D eigenvalue weighted by Crippen LogP contribution is 2.04. The van der Waals surface area contributed by atoms with E-state index < -0.39 is 30.1 Å². The van der Waals surface area contributed by atoms with E-state index in [0.717, 1.165) is 5.56 Å². The van der Waals surface area contributed by atoms with E-state index in [1.54, 1.807) is 0 Å². The quantitative estimate of drug-likeness (QED) is 0.622. The van der Waals surface area contributed by atoms with E-state index in [0.29, 0.717) is 12.2 Å². The van der Waals surface area contributed by atoms with Crippen LogP contribution in [0.1, 0.15) is 18.9 Å². The average molecular weight is 354 g/mol. The van der Waals surface area contributed by atoms with Crippen molar-refractivity contribution in [2.24, 2.45) is 0 Å². The summed E-state index contributed by atoms with van der Waals surface area (Å²) in [7, 11) is 0. The number of benzene rings is 1. The van der Waals surface area contributed by atoms with Gasteiger partial charge in [0.1, 0.15) is 18.7 Å². The highest BCUT2D eigenvalue weighted by atomic mass is 32.2. The number of rotatable bonds is 9. The molecule has 0 radical (unpaired) electrons. The van der Waals surface area contributed by atoms with Crippen molar-refractivity contribution in [1.29, 1.82) is 0 Å². The molecule has 1 aromatic carbocycles. The molecule has 0 spiro atoms. The van der Waals surface area contributed by atoms with E-state index in [1.807, 2.05) is 36.6 Å². The van der Waals surface area contributed by atoms with Crippen LogP contribution in [-0.4, -0.2) is 47.2 Å². The van der Waals surface area contributed by atoms with Crippen molar-refractivity contribution in [1.82, 2.24) is 10.6 Å². The van der Waals surface area contributed by atoms with Gasteiger partial charge in [0, 0.05) is 0 Å². The Morgan fingerprint density at radius 2 is 1.88 bits per heavy atom. The van der Waals surface area contributed by atoms with E-state index in [2.05, 4.69) is 10.6 Å². The summed E-state index contributed by atoms with van der Waals surface area (Å²) in [6, 6.07) is 7.28. The molecule has 1 rings (SSSR count). The largest absolute Gasteiger partial charge is 0.480 e. The van der Waals surface area contributed by atoms with Crippen LogP contribution in [-0.2, 0) is 20.9 Å². The van der Waals surface area contributed by atoms with Gasteiger partial charge in [-0.05, 0) is 30.9 Å². The van der Waals surface area contributed by atoms with Crippen LogP contribution in [0.4, 0.5) is 4.79 Å². The van der Waals surface area contributed by atoms with E-state index >= 15 is 0 Å². The van der Waals surface area contributed by atoms with Crippen LogP contribution in [0, 0.1) is 0 Å². The zero-order valence-corrected chi connectivity index (χ0v) is 14.5. The van der Waals surface area contributed by atoms with Crippen molar-refractivity contribution in [3.05, 3.63) is 35.9 Å². The summed E-state index contributed by atoms with van der Waals surface area (Å²) in [4.78, 5) is 34.8. The summed E-state index contributed by atoms with van der Waals surface area (Å²) in [6.45, 7) is 1.45. The zero-order chi connectivity index (χ0) is 17.9. The van der Waals surface area contributed by atoms with Crippen LogP contribution in [0.3, 0.4) is 0 Å². The Morgan fingerprint density at radius 1 is 1.21 bits per heavy atom. The molecule has 8 heteroatoms. The Kier molecular flexibility index (Phi) is 8.70. The molecule has 7 nitrogen and oxygen atoms in total. The first-order valence-corrected chi connectivity index (χ1v) is 8.82. The third-order valence-electron chi connectivity index (χ3n) is 3.16. The molecule has 0 heterocycles. The van der Waals surface area contributed by atoms with Crippen LogP contribution in [0.2, 0.25) is 0 Å². The number of aliphatic carboxylic acids is 1. The minimum absolute atomic E-state index is 0.0923. The number of hydrogen-bond acceptors (Lipinski definition) is 5. The van der Waals surface area contributed by atoms with Crippen LogP contribution in [0.5, 0.6) is 0 Å². The van der Waals surface area contributed by atoms with E-state index in [-0.39, 0.29) is 6.61 Å². The fraction of sp³-hybridized carbons (Fsp3) is 0.438. The normalized spacial score (nSPS) is 12.8. The van der Waals surface area contributed by atoms with Crippen molar-refractivity contribution in [3.63, 3.8) is 0 Å². The predicted octanol–water partition coefficient (Wildman–Crippen LogP) is 1.62. The molecule has 1 unspecified atom stereocenters. The van der Waals surface area contributed by atoms with Gasteiger partial charge in [-0.2, -0.15) is 11.8 Å². The Bertz CT molecular complexity index is 553. The first-order valence-electron chi connectivity index (χ1n) is 7.43. The maximum Gasteiger partial charge on any atom is 0.408 e. The standard InChI is InChI=1S/C16H22N2O5S/c1-11(15(20)21)17-14(19)13(8-9-24-2)18-16(22)23-10-12-6-4-3-5-7-12/h3-7,11,13H,8-10H2,1-2H3,(H,17,19)(H,18,22)(H,20,21)/t11-,13?/m0/s1. The predicted molar refractivity (Wildman–Crippen MR) is 91.8 cm³/mol. The minimum Gasteiger partial charge on any atom is -0.480 e. The van der Waals surface area contributed by atoms with Gasteiger partial charge < -0.3 is 20.5 Å². The van der Waals surface area contributed by atoms with Crippen molar-refractivity contribution in [2.75, 3.05) is 12.0 Å². The SMILES string of the molecule is CSCCC(NC(=O)OCc1ccccc1)C(=O)N[C@@H](C)C(=O)O. The van der Waals surface area contributed by atoms with E-state index in [1.165, 1.54) is 18.7 Å². The molecule has 0 aliphatic rings. The maximum absolute atomic E-state index is 12.1. The van der Waals surface area contributed by atoms with Crippen LogP contribution in [0.15, 0.2) is 30.3 Å². The van der Waals surface area contributed by atoms with Gasteiger partial charge in [-0.3, -0.25) is 9.59 Å². The molecule has 24 heavy (non-hydrogen) atoms. The Balaban J connectivity index is 2.55. The summed E-state index contributed by atoms with van der Waals surface area (Å²) >= 11 is 1.52. The lowest BCUT2D eigenvalue weighted by Crippen LogP contribution is -2.51. The fourth-order valence-electron chi connectivity index (χ4n) is 1.79. The van der Waals surface area contributed by atoms with Gasteiger partial charge >= 0.3 is 12.1 Å². The Hall–Kier alpha value is -2.22.